The number of fused-ring (bicyclic) bond motifs is 1. The normalized spacial score (nSPS) is 10.8. The summed E-state index contributed by atoms with van der Waals surface area (Å²) >= 11 is 1.52. The molecular weight excluding hydrogens is 287 g/mol. The molecule has 0 unspecified atom stereocenters. The van der Waals surface area contributed by atoms with Gasteiger partial charge in [-0.05, 0) is 49.7 Å². The quantitative estimate of drug-likeness (QED) is 0.745. The lowest BCUT2D eigenvalue weighted by Crippen LogP contribution is -1.91. The Morgan fingerprint density at radius 3 is 2.86 bits per heavy atom. The van der Waals surface area contributed by atoms with Gasteiger partial charge in [0.2, 0.25) is 0 Å². The van der Waals surface area contributed by atoms with E-state index >= 15 is 0 Å². The van der Waals surface area contributed by atoms with Crippen LogP contribution in [-0.2, 0) is 0 Å². The van der Waals surface area contributed by atoms with Gasteiger partial charge in [0.1, 0.15) is 11.6 Å². The van der Waals surface area contributed by atoms with E-state index in [2.05, 4.69) is 10.3 Å². The third-order valence-corrected chi connectivity index (χ3v) is 4.03. The predicted octanol–water partition coefficient (Wildman–Crippen LogP) is 4.89. The maximum atomic E-state index is 13.6. The minimum absolute atomic E-state index is 0.222. The van der Waals surface area contributed by atoms with Crippen molar-refractivity contribution in [2.24, 2.45) is 0 Å². The molecule has 0 bridgehead atoms. The van der Waals surface area contributed by atoms with Crippen molar-refractivity contribution in [1.29, 1.82) is 0 Å². The number of anilines is 2. The highest BCUT2D eigenvalue weighted by molar-refractivity contribution is 7.22. The van der Waals surface area contributed by atoms with Gasteiger partial charge in [-0.15, -0.1) is 0 Å². The molecule has 1 N–H and O–H groups in total. The first kappa shape index (κ1) is 13.8. The molecule has 0 fully saturated rings. The Balaban J connectivity index is 1.88. The van der Waals surface area contributed by atoms with Crippen molar-refractivity contribution in [3.8, 4) is 5.75 Å². The fraction of sp³-hybridized carbons (Fsp3) is 0.188. The highest BCUT2D eigenvalue weighted by atomic mass is 32.1. The fourth-order valence-corrected chi connectivity index (χ4v) is 2.92. The van der Waals surface area contributed by atoms with Gasteiger partial charge in [-0.1, -0.05) is 17.4 Å². The molecule has 0 spiro atoms. The molecule has 0 saturated heterocycles. The van der Waals surface area contributed by atoms with Gasteiger partial charge < -0.3 is 10.1 Å². The van der Waals surface area contributed by atoms with Gasteiger partial charge in [-0.2, -0.15) is 0 Å². The molecule has 0 radical (unpaired) electrons. The lowest BCUT2D eigenvalue weighted by atomic mass is 10.2. The van der Waals surface area contributed by atoms with E-state index in [0.717, 1.165) is 21.1 Å². The number of hydrogen-bond acceptors (Lipinski definition) is 4. The summed E-state index contributed by atoms with van der Waals surface area (Å²) in [4.78, 5) is 4.49. The molecule has 1 heterocycles. The molecule has 0 aliphatic carbocycles. The number of hydrogen-bond donors (Lipinski definition) is 1. The van der Waals surface area contributed by atoms with Gasteiger partial charge in [-0.3, -0.25) is 0 Å². The summed E-state index contributed by atoms with van der Waals surface area (Å²) in [7, 11) is 0. The molecule has 0 saturated carbocycles. The average Bonchev–Trinajstić information content (AvgIpc) is 2.85. The Labute approximate surface area is 126 Å². The zero-order valence-corrected chi connectivity index (χ0v) is 12.6. The van der Waals surface area contributed by atoms with E-state index in [1.807, 2.05) is 31.2 Å². The van der Waals surface area contributed by atoms with E-state index in [1.54, 1.807) is 13.0 Å². The number of nitrogens with one attached hydrogen (secondary N) is 1. The molecule has 5 heteroatoms. The molecule has 1 aromatic heterocycles. The summed E-state index contributed by atoms with van der Waals surface area (Å²) in [5, 5.41) is 3.88. The van der Waals surface area contributed by atoms with Crippen molar-refractivity contribution in [3.63, 3.8) is 0 Å². The molecule has 3 rings (SSSR count). The van der Waals surface area contributed by atoms with Gasteiger partial charge in [0.05, 0.1) is 16.8 Å². The Kier molecular flexibility index (Phi) is 3.75. The second kappa shape index (κ2) is 5.69. The van der Waals surface area contributed by atoms with Gasteiger partial charge in [0.25, 0.3) is 0 Å². The van der Waals surface area contributed by atoms with Crippen LogP contribution < -0.4 is 10.1 Å². The molecule has 0 amide bonds. The molecule has 108 valence electrons. The van der Waals surface area contributed by atoms with Crippen molar-refractivity contribution in [2.75, 3.05) is 11.9 Å². The van der Waals surface area contributed by atoms with Crippen molar-refractivity contribution in [1.82, 2.24) is 4.98 Å². The molecule has 0 aliphatic heterocycles. The minimum Gasteiger partial charge on any atom is -0.494 e. The van der Waals surface area contributed by atoms with E-state index in [-0.39, 0.29) is 5.82 Å². The summed E-state index contributed by atoms with van der Waals surface area (Å²) in [6.45, 7) is 4.33. The van der Waals surface area contributed by atoms with Gasteiger partial charge in [-0.25, -0.2) is 9.37 Å². The predicted molar refractivity (Wildman–Crippen MR) is 85.2 cm³/mol. The molecule has 21 heavy (non-hydrogen) atoms. The largest absolute Gasteiger partial charge is 0.494 e. The SMILES string of the molecule is CCOc1ccc2nc(Nc3ccc(C)c(F)c3)sc2c1. The lowest BCUT2D eigenvalue weighted by molar-refractivity contribution is 0.341. The van der Waals surface area contributed by atoms with Crippen LogP contribution in [0, 0.1) is 12.7 Å². The number of benzene rings is 2. The summed E-state index contributed by atoms with van der Waals surface area (Å²) in [5.41, 5.74) is 2.23. The summed E-state index contributed by atoms with van der Waals surface area (Å²) in [6, 6.07) is 10.9. The molecule has 2 aromatic carbocycles. The number of aryl methyl sites for hydroxylation is 1. The molecule has 3 aromatic rings. The second-order valence-corrected chi connectivity index (χ2v) is 5.70. The smallest absolute Gasteiger partial charge is 0.188 e. The van der Waals surface area contributed by atoms with Crippen LogP contribution in [0.15, 0.2) is 36.4 Å². The maximum absolute atomic E-state index is 13.6. The zero-order chi connectivity index (χ0) is 14.8. The molecule has 0 aliphatic rings. The Morgan fingerprint density at radius 2 is 2.10 bits per heavy atom. The lowest BCUT2D eigenvalue weighted by Gasteiger charge is -2.03. The fourth-order valence-electron chi connectivity index (χ4n) is 2.01. The first-order valence-electron chi connectivity index (χ1n) is 6.72. The average molecular weight is 302 g/mol. The van der Waals surface area contributed by atoms with Crippen molar-refractivity contribution < 1.29 is 9.13 Å². The Bertz CT molecular complexity index is 785. The van der Waals surface area contributed by atoms with Crippen molar-refractivity contribution >= 4 is 32.4 Å². The highest BCUT2D eigenvalue weighted by Gasteiger charge is 2.06. The van der Waals surface area contributed by atoms with Crippen LogP contribution in [0.1, 0.15) is 12.5 Å². The number of rotatable bonds is 4. The Hall–Kier alpha value is -2.14. The summed E-state index contributed by atoms with van der Waals surface area (Å²) in [6.07, 6.45) is 0. The van der Waals surface area contributed by atoms with E-state index in [9.17, 15) is 4.39 Å². The van der Waals surface area contributed by atoms with Crippen molar-refractivity contribution in [3.05, 3.63) is 47.8 Å². The van der Waals surface area contributed by atoms with Crippen molar-refractivity contribution in [2.45, 2.75) is 13.8 Å². The monoisotopic (exact) mass is 302 g/mol. The molecule has 3 nitrogen and oxygen atoms in total. The van der Waals surface area contributed by atoms with Crippen LogP contribution >= 0.6 is 11.3 Å². The number of ether oxygens (including phenoxy) is 1. The van der Waals surface area contributed by atoms with E-state index in [1.165, 1.54) is 17.4 Å². The topological polar surface area (TPSA) is 34.1 Å². The van der Waals surface area contributed by atoms with Gasteiger partial charge in [0.15, 0.2) is 5.13 Å². The van der Waals surface area contributed by atoms with Crippen LogP contribution in [-0.4, -0.2) is 11.6 Å². The van der Waals surface area contributed by atoms with E-state index in [4.69, 9.17) is 4.74 Å². The van der Waals surface area contributed by atoms with E-state index < -0.39 is 0 Å². The summed E-state index contributed by atoms with van der Waals surface area (Å²) in [5.74, 6) is 0.612. The molecule has 0 atom stereocenters. The summed E-state index contributed by atoms with van der Waals surface area (Å²) < 4.78 is 20.1. The number of aromatic nitrogens is 1. The van der Waals surface area contributed by atoms with Gasteiger partial charge >= 0.3 is 0 Å². The zero-order valence-electron chi connectivity index (χ0n) is 11.8. The van der Waals surface area contributed by atoms with Crippen LogP contribution in [0.3, 0.4) is 0 Å². The van der Waals surface area contributed by atoms with Crippen LogP contribution in [0.25, 0.3) is 10.2 Å². The third-order valence-electron chi connectivity index (χ3n) is 3.09. The van der Waals surface area contributed by atoms with Crippen LogP contribution in [0.5, 0.6) is 5.75 Å². The number of thiazole rings is 1. The van der Waals surface area contributed by atoms with E-state index in [0.29, 0.717) is 17.9 Å². The first-order valence-corrected chi connectivity index (χ1v) is 7.54. The number of nitrogens with zero attached hydrogens (tertiary/aromatic N) is 1. The van der Waals surface area contributed by atoms with Crippen LogP contribution in [0.4, 0.5) is 15.2 Å². The highest BCUT2D eigenvalue weighted by Crippen LogP contribution is 2.31. The van der Waals surface area contributed by atoms with Gasteiger partial charge in [0, 0.05) is 5.69 Å². The first-order chi connectivity index (χ1) is 10.2. The maximum Gasteiger partial charge on any atom is 0.188 e. The standard InChI is InChI=1S/C16H15FN2OS/c1-3-20-12-6-7-14-15(9-12)21-16(19-14)18-11-5-4-10(2)13(17)8-11/h4-9H,3H2,1-2H3,(H,18,19). The molecular formula is C16H15FN2OS. The number of halogens is 1. The third kappa shape index (κ3) is 2.97. The van der Waals surface area contributed by atoms with Crippen LogP contribution in [0.2, 0.25) is 0 Å². The Morgan fingerprint density at radius 1 is 1.24 bits per heavy atom. The minimum atomic E-state index is -0.222. The second-order valence-electron chi connectivity index (χ2n) is 4.67.